The van der Waals surface area contributed by atoms with Gasteiger partial charge < -0.3 is 10.1 Å². The summed E-state index contributed by atoms with van der Waals surface area (Å²) in [6, 6.07) is 15.5. The molecule has 2 aromatic rings. The first-order valence-corrected chi connectivity index (χ1v) is 8.67. The standard InChI is InChI=1S/C16H18N2O4S/c1-12(22-15-8-3-2-4-9-15)16(19)18-14-7-5-6-13(10-14)11-23(17,20)21/h2-10,12H,11H2,1H3,(H,18,19)(H2,17,20,21). The molecule has 0 aliphatic rings. The molecule has 0 heterocycles. The Morgan fingerprint density at radius 3 is 2.52 bits per heavy atom. The lowest BCUT2D eigenvalue weighted by molar-refractivity contribution is -0.122. The molecule has 6 nitrogen and oxygen atoms in total. The molecule has 0 saturated carbocycles. The molecule has 2 rings (SSSR count). The van der Waals surface area contributed by atoms with Crippen LogP contribution in [0.1, 0.15) is 12.5 Å². The van der Waals surface area contributed by atoms with E-state index in [0.717, 1.165) is 0 Å². The number of anilines is 1. The van der Waals surface area contributed by atoms with E-state index in [1.165, 1.54) is 0 Å². The van der Waals surface area contributed by atoms with Crippen LogP contribution in [-0.4, -0.2) is 20.4 Å². The highest BCUT2D eigenvalue weighted by Gasteiger charge is 2.15. The normalized spacial score (nSPS) is 12.4. The molecule has 23 heavy (non-hydrogen) atoms. The van der Waals surface area contributed by atoms with Crippen LogP contribution in [0.25, 0.3) is 0 Å². The maximum atomic E-state index is 12.1. The van der Waals surface area contributed by atoms with Crippen LogP contribution in [-0.2, 0) is 20.6 Å². The molecule has 0 aromatic heterocycles. The molecule has 122 valence electrons. The number of nitrogens with one attached hydrogen (secondary N) is 1. The van der Waals surface area contributed by atoms with Gasteiger partial charge in [0.1, 0.15) is 5.75 Å². The summed E-state index contributed by atoms with van der Waals surface area (Å²) in [7, 11) is -3.62. The average Bonchev–Trinajstić information content (AvgIpc) is 2.46. The number of amides is 1. The second-order valence-corrected chi connectivity index (χ2v) is 6.68. The number of primary sulfonamides is 1. The van der Waals surface area contributed by atoms with Crippen molar-refractivity contribution in [1.29, 1.82) is 0 Å². The maximum absolute atomic E-state index is 12.1. The lowest BCUT2D eigenvalue weighted by Crippen LogP contribution is -2.30. The molecule has 0 saturated heterocycles. The fourth-order valence-electron chi connectivity index (χ4n) is 1.97. The highest BCUT2D eigenvalue weighted by atomic mass is 32.2. The molecule has 2 aromatic carbocycles. The van der Waals surface area contributed by atoms with Crippen LogP contribution in [0.2, 0.25) is 0 Å². The molecule has 0 radical (unpaired) electrons. The summed E-state index contributed by atoms with van der Waals surface area (Å²) in [5, 5.41) is 7.71. The first kappa shape index (κ1) is 17.0. The van der Waals surface area contributed by atoms with Gasteiger partial charge in [-0.3, -0.25) is 4.79 Å². The molecule has 1 unspecified atom stereocenters. The minimum absolute atomic E-state index is 0.285. The fraction of sp³-hybridized carbons (Fsp3) is 0.188. The van der Waals surface area contributed by atoms with Crippen LogP contribution in [0.15, 0.2) is 54.6 Å². The predicted molar refractivity (Wildman–Crippen MR) is 88.4 cm³/mol. The quantitative estimate of drug-likeness (QED) is 0.842. The first-order valence-electron chi connectivity index (χ1n) is 6.95. The van der Waals surface area contributed by atoms with Gasteiger partial charge in [0.15, 0.2) is 6.10 Å². The molecular weight excluding hydrogens is 316 g/mol. The van der Waals surface area contributed by atoms with Crippen LogP contribution in [0.5, 0.6) is 5.75 Å². The van der Waals surface area contributed by atoms with Crippen molar-refractivity contribution in [3.63, 3.8) is 0 Å². The van der Waals surface area contributed by atoms with Crippen molar-refractivity contribution < 1.29 is 17.9 Å². The maximum Gasteiger partial charge on any atom is 0.265 e. The number of rotatable bonds is 6. The zero-order valence-corrected chi connectivity index (χ0v) is 13.4. The van der Waals surface area contributed by atoms with Crippen LogP contribution in [0, 0.1) is 0 Å². The molecule has 0 fully saturated rings. The molecule has 1 atom stereocenters. The number of para-hydroxylation sites is 1. The Morgan fingerprint density at radius 2 is 1.87 bits per heavy atom. The number of benzene rings is 2. The van der Waals surface area contributed by atoms with Crippen molar-refractivity contribution in [3.8, 4) is 5.75 Å². The van der Waals surface area contributed by atoms with E-state index in [1.54, 1.807) is 43.3 Å². The zero-order chi connectivity index (χ0) is 16.9. The van der Waals surface area contributed by atoms with Crippen molar-refractivity contribution in [3.05, 3.63) is 60.2 Å². The van der Waals surface area contributed by atoms with E-state index in [4.69, 9.17) is 9.88 Å². The lowest BCUT2D eigenvalue weighted by atomic mass is 10.2. The Balaban J connectivity index is 2.01. The highest BCUT2D eigenvalue weighted by Crippen LogP contribution is 2.15. The third-order valence-electron chi connectivity index (χ3n) is 2.99. The Kier molecular flexibility index (Phi) is 5.36. The first-order chi connectivity index (χ1) is 10.8. The van der Waals surface area contributed by atoms with Gasteiger partial charge in [-0.1, -0.05) is 30.3 Å². The van der Waals surface area contributed by atoms with E-state index in [9.17, 15) is 13.2 Å². The van der Waals surface area contributed by atoms with Gasteiger partial charge in [0.25, 0.3) is 5.91 Å². The summed E-state index contributed by atoms with van der Waals surface area (Å²) < 4.78 is 27.8. The molecule has 7 heteroatoms. The minimum Gasteiger partial charge on any atom is -0.481 e. The summed E-state index contributed by atoms with van der Waals surface area (Å²) in [5.41, 5.74) is 0.988. The van der Waals surface area contributed by atoms with E-state index in [2.05, 4.69) is 5.32 Å². The van der Waals surface area contributed by atoms with E-state index in [1.807, 2.05) is 18.2 Å². The summed E-state index contributed by atoms with van der Waals surface area (Å²) in [5.74, 6) is -0.0213. The van der Waals surface area contributed by atoms with Crippen LogP contribution in [0.3, 0.4) is 0 Å². The van der Waals surface area contributed by atoms with Crippen LogP contribution < -0.4 is 15.2 Å². The molecule has 0 aliphatic carbocycles. The van der Waals surface area contributed by atoms with E-state index in [-0.39, 0.29) is 11.7 Å². The highest BCUT2D eigenvalue weighted by molar-refractivity contribution is 7.88. The summed E-state index contributed by atoms with van der Waals surface area (Å²) in [4.78, 5) is 12.1. The van der Waals surface area contributed by atoms with E-state index >= 15 is 0 Å². The van der Waals surface area contributed by atoms with Gasteiger partial charge in [-0.2, -0.15) is 0 Å². The van der Waals surface area contributed by atoms with Gasteiger partial charge in [0, 0.05) is 5.69 Å². The molecule has 0 bridgehead atoms. The number of nitrogens with two attached hydrogens (primary N) is 1. The van der Waals surface area contributed by atoms with Gasteiger partial charge in [-0.25, -0.2) is 13.6 Å². The van der Waals surface area contributed by atoms with Gasteiger partial charge in [-0.15, -0.1) is 0 Å². The Labute approximate surface area is 135 Å². The van der Waals surface area contributed by atoms with Crippen molar-refractivity contribution in [1.82, 2.24) is 0 Å². The van der Waals surface area contributed by atoms with E-state index in [0.29, 0.717) is 17.0 Å². The fourth-order valence-corrected chi connectivity index (χ4v) is 2.62. The summed E-state index contributed by atoms with van der Waals surface area (Å²) in [6.45, 7) is 1.64. The third-order valence-corrected chi connectivity index (χ3v) is 3.72. The van der Waals surface area contributed by atoms with Crippen LogP contribution >= 0.6 is 0 Å². The van der Waals surface area contributed by atoms with Gasteiger partial charge in [-0.05, 0) is 36.8 Å². The number of ether oxygens (including phenoxy) is 1. The number of sulfonamides is 1. The number of hydrogen-bond acceptors (Lipinski definition) is 4. The SMILES string of the molecule is CC(Oc1ccccc1)C(=O)Nc1cccc(CS(N)(=O)=O)c1. The molecule has 0 spiro atoms. The minimum atomic E-state index is -3.62. The smallest absolute Gasteiger partial charge is 0.265 e. The van der Waals surface area contributed by atoms with Crippen molar-refractivity contribution in [2.75, 3.05) is 5.32 Å². The molecular formula is C16H18N2O4S. The monoisotopic (exact) mass is 334 g/mol. The van der Waals surface area contributed by atoms with Crippen molar-refractivity contribution in [2.24, 2.45) is 5.14 Å². The van der Waals surface area contributed by atoms with Crippen molar-refractivity contribution >= 4 is 21.6 Å². The Morgan fingerprint density at radius 1 is 1.17 bits per heavy atom. The number of carbonyl (C=O) groups excluding carboxylic acids is 1. The average molecular weight is 334 g/mol. The molecule has 0 aliphatic heterocycles. The lowest BCUT2D eigenvalue weighted by Gasteiger charge is -2.15. The summed E-state index contributed by atoms with van der Waals surface area (Å²) in [6.07, 6.45) is -0.695. The summed E-state index contributed by atoms with van der Waals surface area (Å²) >= 11 is 0. The van der Waals surface area contributed by atoms with Crippen molar-refractivity contribution in [2.45, 2.75) is 18.8 Å². The number of hydrogen-bond donors (Lipinski definition) is 2. The number of carbonyl (C=O) groups is 1. The van der Waals surface area contributed by atoms with Crippen LogP contribution in [0.4, 0.5) is 5.69 Å². The van der Waals surface area contributed by atoms with Gasteiger partial charge in [0.05, 0.1) is 5.75 Å². The topological polar surface area (TPSA) is 98.5 Å². The molecule has 3 N–H and O–H groups in total. The third kappa shape index (κ3) is 5.72. The largest absolute Gasteiger partial charge is 0.481 e. The Bertz CT molecular complexity index is 776. The predicted octanol–water partition coefficient (Wildman–Crippen LogP) is 1.88. The Hall–Kier alpha value is -2.38. The van der Waals surface area contributed by atoms with Gasteiger partial charge in [0.2, 0.25) is 10.0 Å². The van der Waals surface area contributed by atoms with E-state index < -0.39 is 16.1 Å². The molecule has 1 amide bonds. The second kappa shape index (κ2) is 7.26. The second-order valence-electron chi connectivity index (χ2n) is 5.07. The van der Waals surface area contributed by atoms with Gasteiger partial charge >= 0.3 is 0 Å². The zero-order valence-electron chi connectivity index (χ0n) is 12.6.